The fourth-order valence-electron chi connectivity index (χ4n) is 2.17. The van der Waals surface area contributed by atoms with Crippen molar-refractivity contribution in [1.29, 1.82) is 0 Å². The molecule has 3 rings (SSSR count). The molecule has 2 heterocycles. The van der Waals surface area contributed by atoms with E-state index in [0.29, 0.717) is 0 Å². The van der Waals surface area contributed by atoms with Crippen molar-refractivity contribution < 1.29 is 4.74 Å². The number of nitrogens with two attached hydrogens (primary N) is 1. The van der Waals surface area contributed by atoms with Crippen LogP contribution in [0.25, 0.3) is 11.1 Å². The Balaban J connectivity index is 2.07. The van der Waals surface area contributed by atoms with Gasteiger partial charge in [-0.05, 0) is 42.2 Å². The highest BCUT2D eigenvalue weighted by molar-refractivity contribution is 5.76. The number of hydrogen-bond acceptors (Lipinski definition) is 3. The van der Waals surface area contributed by atoms with E-state index in [-0.39, 0.29) is 0 Å². The molecule has 0 radical (unpaired) electrons. The maximum absolute atomic E-state index is 5.96. The molecule has 2 N–H and O–H groups in total. The number of hydrogen-bond donors (Lipinski definition) is 1. The van der Waals surface area contributed by atoms with E-state index < -0.39 is 0 Å². The fraction of sp³-hybridized carbons (Fsp3) is 0.214. The van der Waals surface area contributed by atoms with Crippen molar-refractivity contribution in [3.8, 4) is 16.9 Å². The summed E-state index contributed by atoms with van der Waals surface area (Å²) >= 11 is 0. The second-order valence-electron chi connectivity index (χ2n) is 4.24. The molecular weight excluding hydrogens is 212 g/mol. The van der Waals surface area contributed by atoms with Crippen molar-refractivity contribution in [2.24, 2.45) is 0 Å². The Morgan fingerprint density at radius 1 is 1.24 bits per heavy atom. The van der Waals surface area contributed by atoms with E-state index in [9.17, 15) is 0 Å². The summed E-state index contributed by atoms with van der Waals surface area (Å²) < 4.78 is 5.60. The van der Waals surface area contributed by atoms with E-state index in [1.165, 1.54) is 5.56 Å². The number of anilines is 1. The molecule has 1 aromatic heterocycles. The minimum absolute atomic E-state index is 0.761. The Kier molecular flexibility index (Phi) is 2.44. The molecule has 0 bridgehead atoms. The molecule has 17 heavy (non-hydrogen) atoms. The lowest BCUT2D eigenvalue weighted by molar-refractivity contribution is 0.288. The quantitative estimate of drug-likeness (QED) is 0.813. The van der Waals surface area contributed by atoms with Gasteiger partial charge in [-0.2, -0.15) is 0 Å². The van der Waals surface area contributed by atoms with Crippen molar-refractivity contribution in [2.75, 3.05) is 12.3 Å². The van der Waals surface area contributed by atoms with E-state index in [1.54, 1.807) is 12.4 Å². The normalized spacial score (nSPS) is 13.9. The van der Waals surface area contributed by atoms with Crippen LogP contribution in [0.2, 0.25) is 0 Å². The van der Waals surface area contributed by atoms with Crippen LogP contribution in [0.15, 0.2) is 36.7 Å². The highest BCUT2D eigenvalue weighted by Crippen LogP contribution is 2.31. The van der Waals surface area contributed by atoms with Gasteiger partial charge in [0.1, 0.15) is 5.75 Å². The second-order valence-corrected chi connectivity index (χ2v) is 4.24. The van der Waals surface area contributed by atoms with Crippen molar-refractivity contribution in [3.05, 3.63) is 42.2 Å². The lowest BCUT2D eigenvalue weighted by Gasteiger charge is -2.18. The summed E-state index contributed by atoms with van der Waals surface area (Å²) in [6, 6.07) is 8.04. The van der Waals surface area contributed by atoms with E-state index in [2.05, 4.69) is 11.1 Å². The van der Waals surface area contributed by atoms with Crippen LogP contribution in [0.3, 0.4) is 0 Å². The van der Waals surface area contributed by atoms with Gasteiger partial charge < -0.3 is 10.5 Å². The summed E-state index contributed by atoms with van der Waals surface area (Å²) in [7, 11) is 0. The SMILES string of the molecule is Nc1ccncc1-c1ccc2c(c1)CCCO2. The van der Waals surface area contributed by atoms with Crippen molar-refractivity contribution in [1.82, 2.24) is 4.98 Å². The van der Waals surface area contributed by atoms with Crippen LogP contribution < -0.4 is 10.5 Å². The minimum atomic E-state index is 0.761. The first-order chi connectivity index (χ1) is 8.34. The maximum Gasteiger partial charge on any atom is 0.122 e. The summed E-state index contributed by atoms with van der Waals surface area (Å²) in [5, 5.41) is 0. The molecule has 0 amide bonds. The number of aromatic nitrogens is 1. The summed E-state index contributed by atoms with van der Waals surface area (Å²) in [6.07, 6.45) is 5.67. The lowest BCUT2D eigenvalue weighted by Crippen LogP contribution is -2.08. The van der Waals surface area contributed by atoms with Gasteiger partial charge in [0, 0.05) is 23.6 Å². The first kappa shape index (κ1) is 10.1. The third-order valence-electron chi connectivity index (χ3n) is 3.07. The van der Waals surface area contributed by atoms with Gasteiger partial charge in [-0.15, -0.1) is 0 Å². The van der Waals surface area contributed by atoms with Crippen LogP contribution in [-0.4, -0.2) is 11.6 Å². The molecule has 1 aromatic carbocycles. The number of pyridine rings is 1. The maximum atomic E-state index is 5.96. The van der Waals surface area contributed by atoms with Gasteiger partial charge in [-0.25, -0.2) is 0 Å². The standard InChI is InChI=1S/C14H14N2O/c15-13-5-6-16-9-12(13)10-3-4-14-11(8-10)2-1-7-17-14/h3-6,8-9H,1-2,7H2,(H2,15,16). The number of ether oxygens (including phenoxy) is 1. The first-order valence-corrected chi connectivity index (χ1v) is 5.80. The molecule has 3 heteroatoms. The van der Waals surface area contributed by atoms with Gasteiger partial charge in [0.25, 0.3) is 0 Å². The van der Waals surface area contributed by atoms with Gasteiger partial charge in [0.05, 0.1) is 6.61 Å². The molecule has 86 valence electrons. The number of benzene rings is 1. The predicted molar refractivity (Wildman–Crippen MR) is 67.9 cm³/mol. The molecule has 1 aliphatic rings. The van der Waals surface area contributed by atoms with Gasteiger partial charge in [0.2, 0.25) is 0 Å². The van der Waals surface area contributed by atoms with Crippen molar-refractivity contribution in [2.45, 2.75) is 12.8 Å². The molecular formula is C14H14N2O. The molecule has 0 saturated heterocycles. The Labute approximate surface area is 100 Å². The van der Waals surface area contributed by atoms with Crippen molar-refractivity contribution >= 4 is 5.69 Å². The Hall–Kier alpha value is -2.03. The molecule has 0 unspecified atom stereocenters. The molecule has 0 aliphatic carbocycles. The highest BCUT2D eigenvalue weighted by atomic mass is 16.5. The predicted octanol–water partition coefficient (Wildman–Crippen LogP) is 2.66. The molecule has 2 aromatic rings. The van der Waals surface area contributed by atoms with E-state index in [1.807, 2.05) is 18.2 Å². The zero-order valence-corrected chi connectivity index (χ0v) is 9.52. The molecule has 3 nitrogen and oxygen atoms in total. The minimum Gasteiger partial charge on any atom is -0.493 e. The van der Waals surface area contributed by atoms with Gasteiger partial charge in [0.15, 0.2) is 0 Å². The number of aryl methyl sites for hydroxylation is 1. The Morgan fingerprint density at radius 3 is 3.06 bits per heavy atom. The van der Waals surface area contributed by atoms with Crippen LogP contribution in [-0.2, 0) is 6.42 Å². The zero-order valence-electron chi connectivity index (χ0n) is 9.52. The topological polar surface area (TPSA) is 48.1 Å². The van der Waals surface area contributed by atoms with Crippen LogP contribution in [0.4, 0.5) is 5.69 Å². The number of nitrogens with zero attached hydrogens (tertiary/aromatic N) is 1. The highest BCUT2D eigenvalue weighted by Gasteiger charge is 2.12. The largest absolute Gasteiger partial charge is 0.493 e. The third kappa shape index (κ3) is 1.84. The molecule has 0 atom stereocenters. The molecule has 0 saturated carbocycles. The smallest absolute Gasteiger partial charge is 0.122 e. The van der Waals surface area contributed by atoms with E-state index in [0.717, 1.165) is 42.0 Å². The van der Waals surface area contributed by atoms with Crippen LogP contribution in [0.1, 0.15) is 12.0 Å². The summed E-state index contributed by atoms with van der Waals surface area (Å²) in [4.78, 5) is 4.12. The van der Waals surface area contributed by atoms with Crippen LogP contribution in [0.5, 0.6) is 5.75 Å². The van der Waals surface area contributed by atoms with E-state index >= 15 is 0 Å². The summed E-state index contributed by atoms with van der Waals surface area (Å²) in [5.74, 6) is 1.00. The van der Waals surface area contributed by atoms with Crippen molar-refractivity contribution in [3.63, 3.8) is 0 Å². The molecule has 0 fully saturated rings. The lowest BCUT2D eigenvalue weighted by atomic mass is 9.99. The third-order valence-corrected chi connectivity index (χ3v) is 3.07. The second kappa shape index (κ2) is 4.09. The number of fused-ring (bicyclic) bond motifs is 1. The number of rotatable bonds is 1. The monoisotopic (exact) mass is 226 g/mol. The Bertz CT molecular complexity index is 552. The van der Waals surface area contributed by atoms with Gasteiger partial charge in [-0.3, -0.25) is 4.98 Å². The molecule has 0 spiro atoms. The number of nitrogen functional groups attached to an aromatic ring is 1. The van der Waals surface area contributed by atoms with Crippen LogP contribution in [0, 0.1) is 0 Å². The zero-order chi connectivity index (χ0) is 11.7. The summed E-state index contributed by atoms with van der Waals surface area (Å²) in [6.45, 7) is 0.821. The Morgan fingerprint density at radius 2 is 2.18 bits per heavy atom. The fourth-order valence-corrected chi connectivity index (χ4v) is 2.17. The summed E-state index contributed by atoms with van der Waals surface area (Å²) in [5.41, 5.74) is 10.1. The van der Waals surface area contributed by atoms with E-state index in [4.69, 9.17) is 10.5 Å². The van der Waals surface area contributed by atoms with Gasteiger partial charge in [-0.1, -0.05) is 6.07 Å². The molecule has 1 aliphatic heterocycles. The average Bonchev–Trinajstić information content (AvgIpc) is 2.39. The first-order valence-electron chi connectivity index (χ1n) is 5.80. The van der Waals surface area contributed by atoms with Gasteiger partial charge >= 0.3 is 0 Å². The average molecular weight is 226 g/mol. The van der Waals surface area contributed by atoms with Crippen LogP contribution >= 0.6 is 0 Å².